The zero-order chi connectivity index (χ0) is 11.3. The van der Waals surface area contributed by atoms with E-state index in [0.717, 1.165) is 24.8 Å². The van der Waals surface area contributed by atoms with Crippen LogP contribution in [0.2, 0.25) is 0 Å². The van der Waals surface area contributed by atoms with Crippen molar-refractivity contribution in [2.45, 2.75) is 32.2 Å². The van der Waals surface area contributed by atoms with Gasteiger partial charge in [-0.25, -0.2) is 4.39 Å². The summed E-state index contributed by atoms with van der Waals surface area (Å²) in [6.07, 6.45) is 3.12. The van der Waals surface area contributed by atoms with Crippen LogP contribution >= 0.6 is 12.4 Å². The number of halogens is 2. The highest BCUT2D eigenvalue weighted by Crippen LogP contribution is 2.23. The van der Waals surface area contributed by atoms with E-state index in [1.807, 2.05) is 0 Å². The molecule has 0 saturated carbocycles. The summed E-state index contributed by atoms with van der Waals surface area (Å²) >= 11 is 0. The second-order valence-corrected chi connectivity index (χ2v) is 3.64. The number of unbranched alkanes of at least 4 members (excludes halogenated alkanes) is 1. The summed E-state index contributed by atoms with van der Waals surface area (Å²) in [6.45, 7) is 2.12. The van der Waals surface area contributed by atoms with Crippen LogP contribution in [-0.2, 0) is 0 Å². The first-order valence-electron chi connectivity index (χ1n) is 5.28. The summed E-state index contributed by atoms with van der Waals surface area (Å²) in [5.41, 5.74) is 6.91. The molecule has 0 heterocycles. The fourth-order valence-electron chi connectivity index (χ4n) is 1.50. The molecule has 1 rings (SSSR count). The van der Waals surface area contributed by atoms with Gasteiger partial charge in [-0.2, -0.15) is 0 Å². The lowest BCUT2D eigenvalue weighted by molar-refractivity contribution is 0.385. The third kappa shape index (κ3) is 3.99. The van der Waals surface area contributed by atoms with Gasteiger partial charge < -0.3 is 10.5 Å². The summed E-state index contributed by atoms with van der Waals surface area (Å²) in [5, 5.41) is 0. The zero-order valence-corrected chi connectivity index (χ0v) is 10.5. The maximum absolute atomic E-state index is 13.1. The van der Waals surface area contributed by atoms with Crippen LogP contribution in [0.1, 0.15) is 37.8 Å². The second kappa shape index (κ2) is 7.47. The number of nitrogens with two attached hydrogens (primary N) is 1. The molecular formula is C12H19ClFNO. The number of ether oxygens (including phenoxy) is 1. The van der Waals surface area contributed by atoms with Crippen molar-refractivity contribution < 1.29 is 9.13 Å². The molecule has 0 aromatic heterocycles. The molecule has 0 saturated heterocycles. The first-order valence-corrected chi connectivity index (χ1v) is 5.28. The fourth-order valence-corrected chi connectivity index (χ4v) is 1.50. The van der Waals surface area contributed by atoms with Gasteiger partial charge in [0.05, 0.1) is 7.11 Å². The smallest absolute Gasteiger partial charge is 0.165 e. The second-order valence-electron chi connectivity index (χ2n) is 3.64. The molecule has 0 spiro atoms. The lowest BCUT2D eigenvalue weighted by atomic mass is 10.0. The maximum Gasteiger partial charge on any atom is 0.165 e. The summed E-state index contributed by atoms with van der Waals surface area (Å²) in [4.78, 5) is 0. The summed E-state index contributed by atoms with van der Waals surface area (Å²) in [7, 11) is 1.46. The van der Waals surface area contributed by atoms with E-state index in [2.05, 4.69) is 6.92 Å². The molecule has 0 radical (unpaired) electrons. The first-order chi connectivity index (χ1) is 7.19. The molecule has 1 atom stereocenters. The first kappa shape index (κ1) is 15.2. The molecule has 1 aromatic carbocycles. The highest BCUT2D eigenvalue weighted by molar-refractivity contribution is 5.85. The van der Waals surface area contributed by atoms with Crippen LogP contribution in [0.4, 0.5) is 4.39 Å². The van der Waals surface area contributed by atoms with Crippen molar-refractivity contribution in [1.82, 2.24) is 0 Å². The monoisotopic (exact) mass is 247 g/mol. The molecule has 0 unspecified atom stereocenters. The van der Waals surface area contributed by atoms with Gasteiger partial charge in [0.25, 0.3) is 0 Å². The number of hydrogen-bond acceptors (Lipinski definition) is 2. The van der Waals surface area contributed by atoms with Gasteiger partial charge in [-0.1, -0.05) is 25.8 Å². The van der Waals surface area contributed by atoms with Gasteiger partial charge in [-0.3, -0.25) is 0 Å². The highest BCUT2D eigenvalue weighted by atomic mass is 35.5. The molecule has 1 aromatic rings. The molecule has 0 fully saturated rings. The standard InChI is InChI=1S/C12H18FNO.ClH/c1-3-4-5-11(14)9-6-7-10(13)12(8-9)15-2;/h6-8,11H,3-5,14H2,1-2H3;1H/t11-;/m1./s1. The van der Waals surface area contributed by atoms with Gasteiger partial charge in [0, 0.05) is 6.04 Å². The molecule has 0 bridgehead atoms. The highest BCUT2D eigenvalue weighted by Gasteiger charge is 2.09. The molecule has 16 heavy (non-hydrogen) atoms. The number of methoxy groups -OCH3 is 1. The Kier molecular flexibility index (Phi) is 7.10. The van der Waals surface area contributed by atoms with Gasteiger partial charge in [0.2, 0.25) is 0 Å². The van der Waals surface area contributed by atoms with Crippen molar-refractivity contribution in [2.75, 3.05) is 7.11 Å². The Hall–Kier alpha value is -0.800. The van der Waals surface area contributed by atoms with E-state index in [1.54, 1.807) is 12.1 Å². The maximum atomic E-state index is 13.1. The number of rotatable bonds is 5. The van der Waals surface area contributed by atoms with Crippen molar-refractivity contribution in [3.05, 3.63) is 29.6 Å². The normalized spacial score (nSPS) is 11.8. The van der Waals surface area contributed by atoms with Crippen LogP contribution in [0.15, 0.2) is 18.2 Å². The van der Waals surface area contributed by atoms with Gasteiger partial charge in [0.1, 0.15) is 0 Å². The van der Waals surface area contributed by atoms with Gasteiger partial charge in [-0.05, 0) is 24.1 Å². The Balaban J connectivity index is 0.00000225. The molecule has 2 N–H and O–H groups in total. The third-order valence-electron chi connectivity index (χ3n) is 2.47. The SMILES string of the molecule is CCCC[C@@H](N)c1ccc(F)c(OC)c1.Cl. The minimum absolute atomic E-state index is 0. The average molecular weight is 248 g/mol. The van der Waals surface area contributed by atoms with Crippen LogP contribution in [0.5, 0.6) is 5.75 Å². The van der Waals surface area contributed by atoms with Crippen LogP contribution in [-0.4, -0.2) is 7.11 Å². The van der Waals surface area contributed by atoms with Crippen molar-refractivity contribution in [1.29, 1.82) is 0 Å². The lowest BCUT2D eigenvalue weighted by Crippen LogP contribution is -2.10. The average Bonchev–Trinajstić information content (AvgIpc) is 2.26. The molecule has 4 heteroatoms. The van der Waals surface area contributed by atoms with Gasteiger partial charge >= 0.3 is 0 Å². The quantitative estimate of drug-likeness (QED) is 0.865. The summed E-state index contributed by atoms with van der Waals surface area (Å²) < 4.78 is 18.0. The largest absolute Gasteiger partial charge is 0.494 e. The Morgan fingerprint density at radius 1 is 1.44 bits per heavy atom. The van der Waals surface area contributed by atoms with Crippen LogP contribution in [0, 0.1) is 5.82 Å². The Morgan fingerprint density at radius 2 is 2.12 bits per heavy atom. The molecule has 0 aliphatic rings. The summed E-state index contributed by atoms with van der Waals surface area (Å²) in [6, 6.07) is 4.77. The number of benzene rings is 1. The Bertz CT molecular complexity index is 320. The molecular weight excluding hydrogens is 229 g/mol. The predicted octanol–water partition coefficient (Wildman–Crippen LogP) is 3.45. The van der Waals surface area contributed by atoms with E-state index >= 15 is 0 Å². The van der Waals surface area contributed by atoms with Crippen LogP contribution in [0.3, 0.4) is 0 Å². The molecule has 0 aliphatic heterocycles. The van der Waals surface area contributed by atoms with Crippen molar-refractivity contribution in [3.63, 3.8) is 0 Å². The lowest BCUT2D eigenvalue weighted by Gasteiger charge is -2.12. The molecule has 0 amide bonds. The summed E-state index contributed by atoms with van der Waals surface area (Å²) in [5.74, 6) is -0.0802. The van der Waals surface area contributed by atoms with E-state index < -0.39 is 0 Å². The van der Waals surface area contributed by atoms with E-state index in [4.69, 9.17) is 10.5 Å². The minimum atomic E-state index is -0.344. The molecule has 92 valence electrons. The number of hydrogen-bond donors (Lipinski definition) is 1. The van der Waals surface area contributed by atoms with Gasteiger partial charge in [0.15, 0.2) is 11.6 Å². The zero-order valence-electron chi connectivity index (χ0n) is 9.70. The van der Waals surface area contributed by atoms with E-state index in [-0.39, 0.29) is 30.0 Å². The van der Waals surface area contributed by atoms with E-state index in [9.17, 15) is 4.39 Å². The van der Waals surface area contributed by atoms with E-state index in [1.165, 1.54) is 13.2 Å². The van der Waals surface area contributed by atoms with Crippen molar-refractivity contribution >= 4 is 12.4 Å². The Morgan fingerprint density at radius 3 is 2.69 bits per heavy atom. The molecule has 0 aliphatic carbocycles. The van der Waals surface area contributed by atoms with Crippen LogP contribution in [0.25, 0.3) is 0 Å². The van der Waals surface area contributed by atoms with E-state index in [0.29, 0.717) is 0 Å². The Labute approximate surface area is 102 Å². The van der Waals surface area contributed by atoms with Crippen molar-refractivity contribution in [3.8, 4) is 5.75 Å². The fraction of sp³-hybridized carbons (Fsp3) is 0.500. The van der Waals surface area contributed by atoms with Crippen molar-refractivity contribution in [2.24, 2.45) is 5.73 Å². The topological polar surface area (TPSA) is 35.2 Å². The minimum Gasteiger partial charge on any atom is -0.494 e. The van der Waals surface area contributed by atoms with Gasteiger partial charge in [-0.15, -0.1) is 12.4 Å². The van der Waals surface area contributed by atoms with Crippen LogP contribution < -0.4 is 10.5 Å². The molecule has 2 nitrogen and oxygen atoms in total. The predicted molar refractivity (Wildman–Crippen MR) is 66.7 cm³/mol. The third-order valence-corrected chi connectivity index (χ3v) is 2.47.